The van der Waals surface area contributed by atoms with Crippen LogP contribution in [0.4, 0.5) is 0 Å². The molecule has 2 heteroatoms. The summed E-state index contributed by atoms with van der Waals surface area (Å²) in [7, 11) is 0. The molecule has 2 fully saturated rings. The van der Waals surface area contributed by atoms with Gasteiger partial charge in [-0.05, 0) is 90.6 Å². The number of nitrogens with one attached hydrogen (secondary N) is 1. The van der Waals surface area contributed by atoms with Gasteiger partial charge in [0.25, 0.3) is 0 Å². The molecule has 0 aromatic heterocycles. The molecule has 0 radical (unpaired) electrons. The third-order valence-electron chi connectivity index (χ3n) is 8.60. The Kier molecular flexibility index (Phi) is 3.84. The molecule has 0 amide bonds. The number of aliphatic hydroxyl groups is 1. The van der Waals surface area contributed by atoms with Crippen molar-refractivity contribution in [2.45, 2.75) is 59.3 Å². The first-order valence-corrected chi connectivity index (χ1v) is 9.99. The minimum absolute atomic E-state index is 0.284. The Morgan fingerprint density at radius 3 is 2.75 bits per heavy atom. The summed E-state index contributed by atoms with van der Waals surface area (Å²) in [5.41, 5.74) is 2.92. The fourth-order valence-corrected chi connectivity index (χ4v) is 7.13. The van der Waals surface area contributed by atoms with Gasteiger partial charge in [0.05, 0.1) is 0 Å². The van der Waals surface area contributed by atoms with Crippen LogP contribution in [0.25, 0.3) is 0 Å². The molecule has 0 aromatic rings. The Morgan fingerprint density at radius 1 is 1.21 bits per heavy atom. The van der Waals surface area contributed by atoms with Crippen molar-refractivity contribution in [3.8, 4) is 0 Å². The van der Waals surface area contributed by atoms with Crippen molar-refractivity contribution in [2.75, 3.05) is 6.61 Å². The van der Waals surface area contributed by atoms with Gasteiger partial charge < -0.3 is 10.5 Å². The lowest BCUT2D eigenvalue weighted by atomic mass is 9.48. The van der Waals surface area contributed by atoms with Crippen molar-refractivity contribution in [1.29, 1.82) is 5.41 Å². The van der Waals surface area contributed by atoms with Gasteiger partial charge in [0.15, 0.2) is 0 Å². The molecule has 132 valence electrons. The summed E-state index contributed by atoms with van der Waals surface area (Å²) in [6.45, 7) is 7.58. The van der Waals surface area contributed by atoms with Crippen LogP contribution in [0.1, 0.15) is 59.3 Å². The Hall–Kier alpha value is -0.890. The van der Waals surface area contributed by atoms with Crippen LogP contribution >= 0.6 is 0 Å². The minimum Gasteiger partial charge on any atom is -0.396 e. The molecule has 4 unspecified atom stereocenters. The molecule has 0 bridgehead atoms. The molecule has 2 nitrogen and oxygen atoms in total. The molecular formula is C22H33NO. The quantitative estimate of drug-likeness (QED) is 0.737. The van der Waals surface area contributed by atoms with E-state index in [-0.39, 0.29) is 5.41 Å². The molecule has 7 atom stereocenters. The summed E-state index contributed by atoms with van der Waals surface area (Å²) in [5, 5.41) is 17.8. The summed E-state index contributed by atoms with van der Waals surface area (Å²) in [6, 6.07) is 0. The second kappa shape index (κ2) is 5.56. The van der Waals surface area contributed by atoms with E-state index in [4.69, 9.17) is 5.41 Å². The van der Waals surface area contributed by atoms with E-state index in [1.807, 2.05) is 0 Å². The van der Waals surface area contributed by atoms with Crippen molar-refractivity contribution in [3.63, 3.8) is 0 Å². The number of aliphatic hydroxyl groups excluding tert-OH is 1. The van der Waals surface area contributed by atoms with E-state index in [2.05, 4.69) is 39.0 Å². The molecule has 24 heavy (non-hydrogen) atoms. The van der Waals surface area contributed by atoms with Crippen LogP contribution in [-0.4, -0.2) is 17.4 Å². The Balaban J connectivity index is 1.68. The van der Waals surface area contributed by atoms with Crippen LogP contribution < -0.4 is 0 Å². The summed E-state index contributed by atoms with van der Waals surface area (Å²) >= 11 is 0. The van der Waals surface area contributed by atoms with Gasteiger partial charge in [0, 0.05) is 12.3 Å². The van der Waals surface area contributed by atoms with Gasteiger partial charge in [-0.2, -0.15) is 0 Å². The molecule has 0 heterocycles. The zero-order chi connectivity index (χ0) is 17.1. The first-order valence-electron chi connectivity index (χ1n) is 9.99. The van der Waals surface area contributed by atoms with E-state index in [0.29, 0.717) is 29.8 Å². The summed E-state index contributed by atoms with van der Waals surface area (Å²) in [6.07, 6.45) is 14.4. The molecule has 2 saturated carbocycles. The maximum Gasteiger partial charge on any atom is 0.0459 e. The van der Waals surface area contributed by atoms with Gasteiger partial charge in [-0.15, -0.1) is 0 Å². The highest BCUT2D eigenvalue weighted by Gasteiger charge is 2.58. The van der Waals surface area contributed by atoms with E-state index in [1.54, 1.807) is 0 Å². The van der Waals surface area contributed by atoms with E-state index in [1.165, 1.54) is 31.3 Å². The standard InChI is InChI=1S/C22H33NO/c1-14(13-24)18-6-7-19-17-5-4-15-12-16(23)8-10-21(15,2)20(17)9-11-22(18,19)3/h4-5,12,14,17-20,23-24H,6-11,13H2,1-3H3/t14-,17?,18?,19?,20?,21+,22-/m1/s1. The van der Waals surface area contributed by atoms with Crippen LogP contribution in [-0.2, 0) is 0 Å². The molecular weight excluding hydrogens is 294 g/mol. The SMILES string of the molecule is C[C@H](CO)C1CCC2C3C=CC4=CC(=N)CC[C@]4(C)C3CC[C@@]21C. The maximum absolute atomic E-state index is 9.71. The normalized spacial score (nSPS) is 48.3. The Morgan fingerprint density at radius 2 is 2.00 bits per heavy atom. The minimum atomic E-state index is 0.284. The van der Waals surface area contributed by atoms with Crippen molar-refractivity contribution in [2.24, 2.45) is 40.4 Å². The first kappa shape index (κ1) is 16.6. The lowest BCUT2D eigenvalue weighted by Crippen LogP contribution is -2.49. The van der Waals surface area contributed by atoms with Crippen LogP contribution in [0, 0.1) is 45.8 Å². The predicted octanol–water partition coefficient (Wildman–Crippen LogP) is 4.99. The van der Waals surface area contributed by atoms with E-state index in [0.717, 1.165) is 30.4 Å². The van der Waals surface area contributed by atoms with Gasteiger partial charge in [-0.3, -0.25) is 0 Å². The number of hydrogen-bond donors (Lipinski definition) is 2. The molecule has 4 aliphatic rings. The van der Waals surface area contributed by atoms with Gasteiger partial charge in [0.1, 0.15) is 0 Å². The van der Waals surface area contributed by atoms with E-state index in [9.17, 15) is 5.11 Å². The highest BCUT2D eigenvalue weighted by atomic mass is 16.3. The fourth-order valence-electron chi connectivity index (χ4n) is 7.13. The average molecular weight is 328 g/mol. The second-order valence-corrected chi connectivity index (χ2v) is 9.58. The number of fused-ring (bicyclic) bond motifs is 5. The third kappa shape index (κ3) is 2.14. The second-order valence-electron chi connectivity index (χ2n) is 9.58. The molecule has 0 spiro atoms. The van der Waals surface area contributed by atoms with Gasteiger partial charge in [0.2, 0.25) is 0 Å². The van der Waals surface area contributed by atoms with Crippen molar-refractivity contribution in [1.82, 2.24) is 0 Å². The highest BCUT2D eigenvalue weighted by Crippen LogP contribution is 2.66. The lowest BCUT2D eigenvalue weighted by molar-refractivity contribution is -0.0293. The zero-order valence-electron chi connectivity index (χ0n) is 15.5. The zero-order valence-corrected chi connectivity index (χ0v) is 15.5. The molecule has 0 aromatic carbocycles. The Labute approximate surface area is 146 Å². The van der Waals surface area contributed by atoms with Crippen LogP contribution in [0.2, 0.25) is 0 Å². The maximum atomic E-state index is 9.71. The van der Waals surface area contributed by atoms with Crippen molar-refractivity contribution >= 4 is 5.71 Å². The smallest absolute Gasteiger partial charge is 0.0459 e. The van der Waals surface area contributed by atoms with Crippen LogP contribution in [0.3, 0.4) is 0 Å². The Bertz CT molecular complexity index is 605. The van der Waals surface area contributed by atoms with Gasteiger partial charge in [-0.1, -0.05) is 32.9 Å². The largest absolute Gasteiger partial charge is 0.396 e. The molecule has 4 rings (SSSR count). The van der Waals surface area contributed by atoms with E-state index < -0.39 is 0 Å². The molecule has 0 saturated heterocycles. The van der Waals surface area contributed by atoms with E-state index >= 15 is 0 Å². The monoisotopic (exact) mass is 327 g/mol. The molecule has 4 aliphatic carbocycles. The summed E-state index contributed by atoms with van der Waals surface area (Å²) in [4.78, 5) is 0. The topological polar surface area (TPSA) is 44.1 Å². The molecule has 2 N–H and O–H groups in total. The van der Waals surface area contributed by atoms with Crippen LogP contribution in [0.15, 0.2) is 23.8 Å². The summed E-state index contributed by atoms with van der Waals surface area (Å²) in [5.74, 6) is 3.36. The fraction of sp³-hybridized carbons (Fsp3) is 0.773. The average Bonchev–Trinajstić information content (AvgIpc) is 2.92. The third-order valence-corrected chi connectivity index (χ3v) is 8.60. The van der Waals surface area contributed by atoms with Gasteiger partial charge in [-0.25, -0.2) is 0 Å². The molecule has 0 aliphatic heterocycles. The van der Waals surface area contributed by atoms with Crippen LogP contribution in [0.5, 0.6) is 0 Å². The van der Waals surface area contributed by atoms with Gasteiger partial charge >= 0.3 is 0 Å². The van der Waals surface area contributed by atoms with Crippen molar-refractivity contribution < 1.29 is 5.11 Å². The highest BCUT2D eigenvalue weighted by molar-refractivity contribution is 5.94. The number of allylic oxidation sites excluding steroid dienone is 4. The summed E-state index contributed by atoms with van der Waals surface area (Å²) < 4.78 is 0. The number of rotatable bonds is 2. The number of hydrogen-bond acceptors (Lipinski definition) is 2. The predicted molar refractivity (Wildman–Crippen MR) is 99.1 cm³/mol. The van der Waals surface area contributed by atoms with Crippen molar-refractivity contribution in [3.05, 3.63) is 23.8 Å². The first-order chi connectivity index (χ1) is 11.4. The lowest BCUT2D eigenvalue weighted by Gasteiger charge is -2.56.